The van der Waals surface area contributed by atoms with Crippen molar-refractivity contribution in [3.8, 4) is 0 Å². The van der Waals surface area contributed by atoms with Crippen LogP contribution in [0.25, 0.3) is 0 Å². The summed E-state index contributed by atoms with van der Waals surface area (Å²) in [5, 5.41) is 1.75. The van der Waals surface area contributed by atoms with Gasteiger partial charge in [-0.15, -0.1) is 0 Å². The Morgan fingerprint density at radius 3 is 2.25 bits per heavy atom. The fraction of sp³-hybridized carbons (Fsp3) is 0.667. The molecule has 1 heterocycles. The summed E-state index contributed by atoms with van der Waals surface area (Å²) >= 11 is 0. The lowest BCUT2D eigenvalue weighted by Gasteiger charge is -2.19. The fourth-order valence-corrected chi connectivity index (χ4v) is 1.28. The number of nitrogen functional groups attached to an aromatic ring is 1. The maximum absolute atomic E-state index is 5.63. The van der Waals surface area contributed by atoms with E-state index in [0.29, 0.717) is 11.9 Å². The van der Waals surface area contributed by atoms with Gasteiger partial charge in [-0.25, -0.2) is 5.01 Å². The SMILES string of the molecule is CCN(CC)c1nc(N)nc(NN(C)C)n1. The number of aromatic nitrogens is 3. The Morgan fingerprint density at radius 1 is 1.12 bits per heavy atom. The minimum absolute atomic E-state index is 0.223. The second-order valence-corrected chi connectivity index (χ2v) is 3.50. The number of nitrogens with one attached hydrogen (secondary N) is 1. The van der Waals surface area contributed by atoms with Crippen LogP contribution in [0.2, 0.25) is 0 Å². The number of hydrazine groups is 1. The average Bonchev–Trinajstić information content (AvgIpc) is 2.17. The maximum Gasteiger partial charge on any atom is 0.244 e. The van der Waals surface area contributed by atoms with Crippen molar-refractivity contribution < 1.29 is 0 Å². The van der Waals surface area contributed by atoms with Crippen molar-refractivity contribution in [2.75, 3.05) is 43.2 Å². The van der Waals surface area contributed by atoms with Crippen LogP contribution in [0, 0.1) is 0 Å². The van der Waals surface area contributed by atoms with Crippen LogP contribution in [-0.2, 0) is 0 Å². The first-order valence-corrected chi connectivity index (χ1v) is 5.27. The molecule has 0 aliphatic heterocycles. The lowest BCUT2D eigenvalue weighted by molar-refractivity contribution is 0.488. The quantitative estimate of drug-likeness (QED) is 0.692. The van der Waals surface area contributed by atoms with Crippen LogP contribution >= 0.6 is 0 Å². The molecule has 0 unspecified atom stereocenters. The van der Waals surface area contributed by atoms with E-state index in [-0.39, 0.29) is 5.95 Å². The Kier molecular flexibility index (Phi) is 4.24. The molecule has 0 amide bonds. The smallest absolute Gasteiger partial charge is 0.244 e. The zero-order chi connectivity index (χ0) is 12.1. The van der Waals surface area contributed by atoms with Gasteiger partial charge in [0.05, 0.1) is 0 Å². The molecule has 0 aliphatic carbocycles. The topological polar surface area (TPSA) is 83.2 Å². The van der Waals surface area contributed by atoms with Crippen LogP contribution in [-0.4, -0.2) is 47.1 Å². The van der Waals surface area contributed by atoms with Crippen molar-refractivity contribution in [1.82, 2.24) is 20.0 Å². The largest absolute Gasteiger partial charge is 0.368 e. The van der Waals surface area contributed by atoms with Crippen LogP contribution < -0.4 is 16.1 Å². The highest BCUT2D eigenvalue weighted by Gasteiger charge is 2.09. The van der Waals surface area contributed by atoms with Crippen molar-refractivity contribution in [2.45, 2.75) is 13.8 Å². The molecule has 0 atom stereocenters. The molecule has 1 aromatic rings. The second-order valence-electron chi connectivity index (χ2n) is 3.50. The number of rotatable bonds is 5. The molecule has 1 aromatic heterocycles. The standard InChI is InChI=1S/C9H19N7/c1-5-16(6-2)9-12-7(10)11-8(13-9)14-15(3)4/h5-6H2,1-4H3,(H3,10,11,12,13,14). The third-order valence-electron chi connectivity index (χ3n) is 2.01. The number of nitrogens with zero attached hydrogens (tertiary/aromatic N) is 5. The summed E-state index contributed by atoms with van der Waals surface area (Å²) in [6.07, 6.45) is 0. The summed E-state index contributed by atoms with van der Waals surface area (Å²) in [5.74, 6) is 1.28. The first-order valence-electron chi connectivity index (χ1n) is 5.27. The van der Waals surface area contributed by atoms with Crippen LogP contribution in [0.15, 0.2) is 0 Å². The van der Waals surface area contributed by atoms with Gasteiger partial charge in [-0.3, -0.25) is 5.43 Å². The highest BCUT2D eigenvalue weighted by Crippen LogP contribution is 2.11. The van der Waals surface area contributed by atoms with Crippen LogP contribution in [0.4, 0.5) is 17.8 Å². The predicted molar refractivity (Wildman–Crippen MR) is 65.1 cm³/mol. The summed E-state index contributed by atoms with van der Waals surface area (Å²) in [6, 6.07) is 0. The first kappa shape index (κ1) is 12.4. The van der Waals surface area contributed by atoms with Gasteiger partial charge in [0.1, 0.15) is 0 Å². The van der Waals surface area contributed by atoms with E-state index in [4.69, 9.17) is 5.73 Å². The highest BCUT2D eigenvalue weighted by atomic mass is 15.5. The monoisotopic (exact) mass is 225 g/mol. The van der Waals surface area contributed by atoms with E-state index in [1.54, 1.807) is 5.01 Å². The van der Waals surface area contributed by atoms with Gasteiger partial charge in [-0.1, -0.05) is 0 Å². The summed E-state index contributed by atoms with van der Waals surface area (Å²) in [4.78, 5) is 14.4. The molecular formula is C9H19N7. The van der Waals surface area contributed by atoms with Crippen molar-refractivity contribution in [1.29, 1.82) is 0 Å². The van der Waals surface area contributed by atoms with E-state index in [0.717, 1.165) is 13.1 Å². The molecule has 7 heteroatoms. The van der Waals surface area contributed by atoms with Crippen LogP contribution in [0.5, 0.6) is 0 Å². The lowest BCUT2D eigenvalue weighted by Crippen LogP contribution is -2.27. The van der Waals surface area contributed by atoms with Crippen molar-refractivity contribution >= 4 is 17.8 Å². The van der Waals surface area contributed by atoms with Gasteiger partial charge < -0.3 is 10.6 Å². The molecule has 0 aliphatic rings. The highest BCUT2D eigenvalue weighted by molar-refractivity contribution is 5.41. The van der Waals surface area contributed by atoms with Gasteiger partial charge in [-0.05, 0) is 13.8 Å². The summed E-state index contributed by atoms with van der Waals surface area (Å²) < 4.78 is 0. The second kappa shape index (κ2) is 5.45. The van der Waals surface area contributed by atoms with E-state index in [2.05, 4.69) is 20.4 Å². The van der Waals surface area contributed by atoms with E-state index < -0.39 is 0 Å². The zero-order valence-corrected chi connectivity index (χ0v) is 10.2. The Morgan fingerprint density at radius 2 is 1.75 bits per heavy atom. The van der Waals surface area contributed by atoms with E-state index in [1.165, 1.54) is 0 Å². The molecule has 0 aromatic carbocycles. The molecule has 0 saturated carbocycles. The van der Waals surface area contributed by atoms with Crippen molar-refractivity contribution in [3.05, 3.63) is 0 Å². The van der Waals surface area contributed by atoms with E-state index >= 15 is 0 Å². The van der Waals surface area contributed by atoms with Gasteiger partial charge in [0.15, 0.2) is 0 Å². The number of hydrogen-bond donors (Lipinski definition) is 2. The fourth-order valence-electron chi connectivity index (χ4n) is 1.28. The minimum atomic E-state index is 0.223. The molecule has 0 saturated heterocycles. The molecule has 3 N–H and O–H groups in total. The number of anilines is 3. The van der Waals surface area contributed by atoms with Crippen molar-refractivity contribution in [2.24, 2.45) is 0 Å². The molecule has 0 spiro atoms. The molecule has 16 heavy (non-hydrogen) atoms. The minimum Gasteiger partial charge on any atom is -0.368 e. The normalized spacial score (nSPS) is 10.6. The van der Waals surface area contributed by atoms with E-state index in [9.17, 15) is 0 Å². The average molecular weight is 225 g/mol. The summed E-state index contributed by atoms with van der Waals surface area (Å²) in [5.41, 5.74) is 8.59. The Hall–Kier alpha value is -1.63. The summed E-state index contributed by atoms with van der Waals surface area (Å²) in [7, 11) is 3.72. The third-order valence-corrected chi connectivity index (χ3v) is 2.01. The molecule has 0 bridgehead atoms. The molecule has 0 fully saturated rings. The van der Waals surface area contributed by atoms with Gasteiger partial charge in [0, 0.05) is 27.2 Å². The number of hydrogen-bond acceptors (Lipinski definition) is 7. The molecular weight excluding hydrogens is 206 g/mol. The Labute approximate surface area is 95.7 Å². The van der Waals surface area contributed by atoms with Gasteiger partial charge in [0.2, 0.25) is 17.8 Å². The van der Waals surface area contributed by atoms with Crippen LogP contribution in [0.1, 0.15) is 13.8 Å². The van der Waals surface area contributed by atoms with E-state index in [1.807, 2.05) is 32.8 Å². The molecule has 7 nitrogen and oxygen atoms in total. The molecule has 0 radical (unpaired) electrons. The molecule has 1 rings (SSSR count). The molecule has 90 valence electrons. The maximum atomic E-state index is 5.63. The van der Waals surface area contributed by atoms with Gasteiger partial charge in [0.25, 0.3) is 0 Å². The van der Waals surface area contributed by atoms with Gasteiger partial charge >= 0.3 is 0 Å². The first-order chi connectivity index (χ1) is 7.56. The van der Waals surface area contributed by atoms with Gasteiger partial charge in [-0.2, -0.15) is 15.0 Å². The lowest BCUT2D eigenvalue weighted by atomic mass is 10.5. The van der Waals surface area contributed by atoms with Crippen molar-refractivity contribution in [3.63, 3.8) is 0 Å². The number of nitrogens with two attached hydrogens (primary N) is 1. The van der Waals surface area contributed by atoms with Crippen LogP contribution in [0.3, 0.4) is 0 Å². The Balaban J connectivity index is 2.97. The predicted octanol–water partition coefficient (Wildman–Crippen LogP) is 0.189. The zero-order valence-electron chi connectivity index (χ0n) is 10.2. The third kappa shape index (κ3) is 3.20. The summed E-state index contributed by atoms with van der Waals surface area (Å²) in [6.45, 7) is 5.76. The Bertz CT molecular complexity index is 335.